The van der Waals surface area contributed by atoms with Gasteiger partial charge >= 0.3 is 0 Å². The lowest BCUT2D eigenvalue weighted by Gasteiger charge is -2.15. The average Bonchev–Trinajstić information content (AvgIpc) is 3.16. The number of carbonyl (C=O) groups excluding carboxylic acids is 2. The van der Waals surface area contributed by atoms with E-state index in [4.69, 9.17) is 32.7 Å². The van der Waals surface area contributed by atoms with E-state index in [1.165, 1.54) is 12.1 Å². The molecular weight excluding hydrogens is 367 g/mol. The summed E-state index contributed by atoms with van der Waals surface area (Å²) in [6.07, 6.45) is 1.50. The van der Waals surface area contributed by atoms with Crippen molar-refractivity contribution < 1.29 is 19.1 Å². The Labute approximate surface area is 152 Å². The van der Waals surface area contributed by atoms with Gasteiger partial charge in [-0.05, 0) is 42.0 Å². The number of nitrogens with zero attached hydrogens (tertiary/aromatic N) is 1. The Balaban J connectivity index is 1.66. The molecule has 0 bridgehead atoms. The fourth-order valence-electron chi connectivity index (χ4n) is 2.53. The van der Waals surface area contributed by atoms with Crippen molar-refractivity contribution in [3.8, 4) is 11.5 Å². The normalized spacial score (nSPS) is 17.4. The summed E-state index contributed by atoms with van der Waals surface area (Å²) in [5.41, 5.74) is 3.58. The number of rotatable bonds is 2. The Bertz CT molecular complexity index is 942. The highest BCUT2D eigenvalue weighted by molar-refractivity contribution is 6.42. The van der Waals surface area contributed by atoms with Gasteiger partial charge in [-0.25, -0.2) is 5.01 Å². The summed E-state index contributed by atoms with van der Waals surface area (Å²) in [5, 5.41) is 1.78. The van der Waals surface area contributed by atoms with Gasteiger partial charge in [0.1, 0.15) is 5.57 Å². The highest BCUT2D eigenvalue weighted by Crippen LogP contribution is 2.34. The summed E-state index contributed by atoms with van der Waals surface area (Å²) in [6.45, 7) is 0.153. The van der Waals surface area contributed by atoms with E-state index < -0.39 is 11.8 Å². The zero-order valence-corrected chi connectivity index (χ0v) is 14.1. The Hall–Kier alpha value is -2.70. The summed E-state index contributed by atoms with van der Waals surface area (Å²) in [6, 6.07) is 9.82. The lowest BCUT2D eigenvalue weighted by atomic mass is 10.1. The van der Waals surface area contributed by atoms with Gasteiger partial charge in [0.2, 0.25) is 6.79 Å². The average molecular weight is 377 g/mol. The molecular formula is C17H10Cl2N2O4. The van der Waals surface area contributed by atoms with Crippen molar-refractivity contribution in [3.63, 3.8) is 0 Å². The second-order valence-corrected chi connectivity index (χ2v) is 6.17. The van der Waals surface area contributed by atoms with E-state index in [0.717, 1.165) is 5.01 Å². The number of hydrogen-bond acceptors (Lipinski definition) is 4. The summed E-state index contributed by atoms with van der Waals surface area (Å²) in [7, 11) is 0. The molecule has 2 heterocycles. The summed E-state index contributed by atoms with van der Waals surface area (Å²) in [5.74, 6) is 0.207. The second-order valence-electron chi connectivity index (χ2n) is 5.35. The van der Waals surface area contributed by atoms with E-state index >= 15 is 0 Å². The molecule has 25 heavy (non-hydrogen) atoms. The molecule has 2 aliphatic heterocycles. The number of halogens is 2. The van der Waals surface area contributed by atoms with Gasteiger partial charge in [-0.1, -0.05) is 29.3 Å². The Morgan fingerprint density at radius 1 is 1.00 bits per heavy atom. The van der Waals surface area contributed by atoms with Crippen molar-refractivity contribution in [2.45, 2.75) is 0 Å². The molecule has 6 nitrogen and oxygen atoms in total. The van der Waals surface area contributed by atoms with E-state index in [1.807, 2.05) is 0 Å². The van der Waals surface area contributed by atoms with Gasteiger partial charge in [0.05, 0.1) is 15.7 Å². The van der Waals surface area contributed by atoms with Gasteiger partial charge < -0.3 is 9.47 Å². The number of amides is 2. The van der Waals surface area contributed by atoms with Crippen LogP contribution in [0.15, 0.2) is 42.0 Å². The predicted molar refractivity (Wildman–Crippen MR) is 92.6 cm³/mol. The molecule has 8 heteroatoms. The third-order valence-electron chi connectivity index (χ3n) is 3.76. The molecule has 0 aromatic heterocycles. The molecule has 0 aliphatic carbocycles. The molecule has 126 valence electrons. The van der Waals surface area contributed by atoms with Crippen LogP contribution in [-0.4, -0.2) is 18.6 Å². The van der Waals surface area contributed by atoms with E-state index in [2.05, 4.69) is 5.43 Å². The summed E-state index contributed by atoms with van der Waals surface area (Å²) < 4.78 is 10.5. The number of ether oxygens (including phenoxy) is 2. The van der Waals surface area contributed by atoms with E-state index in [1.54, 1.807) is 30.3 Å². The fourth-order valence-corrected chi connectivity index (χ4v) is 2.83. The van der Waals surface area contributed by atoms with Crippen molar-refractivity contribution >= 4 is 46.8 Å². The number of hydrogen-bond donors (Lipinski definition) is 1. The van der Waals surface area contributed by atoms with Crippen LogP contribution in [0, 0.1) is 0 Å². The fraction of sp³-hybridized carbons (Fsp3) is 0.0588. The molecule has 2 aromatic carbocycles. The quantitative estimate of drug-likeness (QED) is 0.645. The van der Waals surface area contributed by atoms with Crippen LogP contribution in [0.3, 0.4) is 0 Å². The molecule has 2 aromatic rings. The van der Waals surface area contributed by atoms with Crippen molar-refractivity contribution in [1.82, 2.24) is 5.43 Å². The smallest absolute Gasteiger partial charge is 0.282 e. The Morgan fingerprint density at radius 2 is 1.80 bits per heavy atom. The first-order valence-electron chi connectivity index (χ1n) is 7.25. The minimum Gasteiger partial charge on any atom is -0.454 e. The summed E-state index contributed by atoms with van der Waals surface area (Å²) >= 11 is 11.9. The third-order valence-corrected chi connectivity index (χ3v) is 4.50. The van der Waals surface area contributed by atoms with Crippen LogP contribution in [0.2, 0.25) is 10.0 Å². The molecule has 4 rings (SSSR count). The van der Waals surface area contributed by atoms with Gasteiger partial charge in [-0.3, -0.25) is 15.0 Å². The van der Waals surface area contributed by atoms with E-state index in [0.29, 0.717) is 27.8 Å². The molecule has 1 fully saturated rings. The van der Waals surface area contributed by atoms with Gasteiger partial charge in [0.25, 0.3) is 11.8 Å². The standard InChI is InChI=1S/C17H10Cl2N2O4/c18-12-3-2-10(7-13(12)19)21-17(23)11(16(22)20-21)5-9-1-4-14-15(6-9)25-8-24-14/h1-7H,8H2,(H,20,22). The zero-order valence-electron chi connectivity index (χ0n) is 12.6. The second kappa shape index (κ2) is 5.98. The van der Waals surface area contributed by atoms with Gasteiger partial charge in [-0.2, -0.15) is 0 Å². The molecule has 1 saturated heterocycles. The first-order valence-corrected chi connectivity index (χ1v) is 8.00. The molecule has 2 amide bonds. The highest BCUT2D eigenvalue weighted by Gasteiger charge is 2.34. The number of carbonyl (C=O) groups is 2. The minimum absolute atomic E-state index is 0.00457. The van der Waals surface area contributed by atoms with Crippen molar-refractivity contribution in [2.24, 2.45) is 0 Å². The topological polar surface area (TPSA) is 67.9 Å². The third kappa shape index (κ3) is 2.79. The van der Waals surface area contributed by atoms with Crippen LogP contribution < -0.4 is 19.9 Å². The van der Waals surface area contributed by atoms with Crippen LogP contribution in [0.4, 0.5) is 5.69 Å². The SMILES string of the molecule is O=C1NN(c2ccc(Cl)c(Cl)c2)C(=O)C1=Cc1ccc2c(c1)OCO2. The Morgan fingerprint density at radius 3 is 2.60 bits per heavy atom. The van der Waals surface area contributed by atoms with Crippen LogP contribution in [0.1, 0.15) is 5.56 Å². The Kier molecular flexibility index (Phi) is 3.78. The predicted octanol–water partition coefficient (Wildman–Crippen LogP) is 3.18. The molecule has 2 aliphatic rings. The summed E-state index contributed by atoms with van der Waals surface area (Å²) in [4.78, 5) is 24.8. The first-order chi connectivity index (χ1) is 12.0. The van der Waals surface area contributed by atoms with Gasteiger partial charge in [0.15, 0.2) is 11.5 Å². The number of hydrazine groups is 1. The largest absolute Gasteiger partial charge is 0.454 e. The highest BCUT2D eigenvalue weighted by atomic mass is 35.5. The lowest BCUT2D eigenvalue weighted by molar-refractivity contribution is -0.117. The number of benzene rings is 2. The maximum Gasteiger partial charge on any atom is 0.282 e. The first kappa shape index (κ1) is 15.8. The monoisotopic (exact) mass is 376 g/mol. The molecule has 0 radical (unpaired) electrons. The van der Waals surface area contributed by atoms with Crippen LogP contribution in [0.5, 0.6) is 11.5 Å². The van der Waals surface area contributed by atoms with Crippen molar-refractivity contribution in [3.05, 3.63) is 57.6 Å². The van der Waals surface area contributed by atoms with Gasteiger partial charge in [-0.15, -0.1) is 0 Å². The zero-order chi connectivity index (χ0) is 17.6. The van der Waals surface area contributed by atoms with E-state index in [-0.39, 0.29) is 17.4 Å². The molecule has 0 saturated carbocycles. The molecule has 1 N–H and O–H groups in total. The minimum atomic E-state index is -0.506. The maximum absolute atomic E-state index is 12.6. The van der Waals surface area contributed by atoms with Crippen LogP contribution in [-0.2, 0) is 9.59 Å². The lowest BCUT2D eigenvalue weighted by Crippen LogP contribution is -2.35. The van der Waals surface area contributed by atoms with E-state index in [9.17, 15) is 9.59 Å². The van der Waals surface area contributed by atoms with Crippen molar-refractivity contribution in [2.75, 3.05) is 11.8 Å². The van der Waals surface area contributed by atoms with Crippen LogP contribution in [0.25, 0.3) is 6.08 Å². The van der Waals surface area contributed by atoms with Crippen molar-refractivity contribution in [1.29, 1.82) is 0 Å². The number of nitrogens with one attached hydrogen (secondary N) is 1. The molecule has 0 spiro atoms. The number of fused-ring (bicyclic) bond motifs is 1. The molecule has 0 atom stereocenters. The van der Waals surface area contributed by atoms with Gasteiger partial charge in [0, 0.05) is 0 Å². The maximum atomic E-state index is 12.6. The molecule has 0 unspecified atom stereocenters. The number of anilines is 1. The van der Waals surface area contributed by atoms with Crippen LogP contribution >= 0.6 is 23.2 Å².